The minimum absolute atomic E-state index is 0.570. The Hall–Kier alpha value is -2.54. The lowest BCUT2D eigenvalue weighted by molar-refractivity contribution is 0.416. The Labute approximate surface area is 112 Å². The topological polar surface area (TPSA) is 57.9 Å². The number of ether oxygens (including phenoxy) is 1. The first-order valence-corrected chi connectivity index (χ1v) is 5.96. The smallest absolute Gasteiger partial charge is 0.143 e. The molecule has 1 aromatic carbocycles. The van der Waals surface area contributed by atoms with Crippen molar-refractivity contribution in [2.24, 2.45) is 0 Å². The minimum atomic E-state index is 0.570. The molecule has 0 unspecified atom stereocenters. The van der Waals surface area contributed by atoms with E-state index < -0.39 is 0 Å². The van der Waals surface area contributed by atoms with Crippen LogP contribution in [0.5, 0.6) is 5.75 Å². The van der Waals surface area contributed by atoms with E-state index in [0.29, 0.717) is 17.9 Å². The second-order valence-corrected chi connectivity index (χ2v) is 4.15. The summed E-state index contributed by atoms with van der Waals surface area (Å²) in [7, 11) is 1.59. The van der Waals surface area contributed by atoms with Gasteiger partial charge in [-0.1, -0.05) is 6.07 Å². The first-order valence-electron chi connectivity index (χ1n) is 5.96. The third kappa shape index (κ3) is 2.83. The fourth-order valence-electron chi connectivity index (χ4n) is 1.84. The molecule has 0 atom stereocenters. The highest BCUT2D eigenvalue weighted by atomic mass is 16.5. The predicted octanol–water partition coefficient (Wildman–Crippen LogP) is 2.88. The molecule has 19 heavy (non-hydrogen) atoms. The van der Waals surface area contributed by atoms with Crippen molar-refractivity contribution in [3.63, 3.8) is 0 Å². The van der Waals surface area contributed by atoms with Gasteiger partial charge < -0.3 is 10.1 Å². The van der Waals surface area contributed by atoms with Crippen molar-refractivity contribution in [3.05, 3.63) is 53.3 Å². The number of anilines is 1. The Morgan fingerprint density at radius 1 is 1.37 bits per heavy atom. The first kappa shape index (κ1) is 12.9. The number of rotatable bonds is 4. The van der Waals surface area contributed by atoms with Gasteiger partial charge in [-0.15, -0.1) is 0 Å². The molecule has 1 heterocycles. The summed E-state index contributed by atoms with van der Waals surface area (Å²) in [6.07, 6.45) is 3.59. The van der Waals surface area contributed by atoms with Gasteiger partial charge in [0.2, 0.25) is 0 Å². The lowest BCUT2D eigenvalue weighted by Gasteiger charge is -2.13. The van der Waals surface area contributed by atoms with Crippen molar-refractivity contribution in [3.8, 4) is 11.8 Å². The molecule has 1 N–H and O–H groups in total. The average Bonchev–Trinajstić information content (AvgIpc) is 2.46. The summed E-state index contributed by atoms with van der Waals surface area (Å²) in [4.78, 5) is 4.11. The van der Waals surface area contributed by atoms with Gasteiger partial charge in [-0.25, -0.2) is 0 Å². The number of methoxy groups -OCH3 is 1. The van der Waals surface area contributed by atoms with E-state index in [1.165, 1.54) is 0 Å². The minimum Gasteiger partial charge on any atom is -0.495 e. The summed E-state index contributed by atoms with van der Waals surface area (Å²) in [5, 5.41) is 12.4. The molecule has 0 saturated carbocycles. The quantitative estimate of drug-likeness (QED) is 0.910. The van der Waals surface area contributed by atoms with E-state index in [0.717, 1.165) is 16.8 Å². The summed E-state index contributed by atoms with van der Waals surface area (Å²) in [6, 6.07) is 9.53. The van der Waals surface area contributed by atoms with Gasteiger partial charge in [0.05, 0.1) is 18.4 Å². The molecule has 96 valence electrons. The zero-order valence-corrected chi connectivity index (χ0v) is 11.0. The molecule has 0 bridgehead atoms. The van der Waals surface area contributed by atoms with Crippen molar-refractivity contribution < 1.29 is 4.74 Å². The molecule has 0 amide bonds. The standard InChI is InChI=1S/C15H15N3O/c1-11-6-7-17-9-13(11)10-18-15-12(8-16)4-3-5-14(15)19-2/h3-7,9,18H,10H2,1-2H3. The zero-order valence-electron chi connectivity index (χ0n) is 11.0. The fourth-order valence-corrected chi connectivity index (χ4v) is 1.84. The van der Waals surface area contributed by atoms with Crippen molar-refractivity contribution in [2.75, 3.05) is 12.4 Å². The summed E-state index contributed by atoms with van der Waals surface area (Å²) in [6.45, 7) is 2.64. The number of hydrogen-bond donors (Lipinski definition) is 1. The molecule has 4 nitrogen and oxygen atoms in total. The number of pyridine rings is 1. The molecule has 2 aromatic rings. The van der Waals surface area contributed by atoms with Gasteiger partial charge in [-0.05, 0) is 36.2 Å². The third-order valence-electron chi connectivity index (χ3n) is 2.97. The number of aryl methyl sites for hydroxylation is 1. The maximum Gasteiger partial charge on any atom is 0.143 e. The van der Waals surface area contributed by atoms with E-state index in [1.54, 1.807) is 25.4 Å². The number of nitriles is 1. The first-order chi connectivity index (χ1) is 9.26. The van der Waals surface area contributed by atoms with E-state index >= 15 is 0 Å². The lowest BCUT2D eigenvalue weighted by atomic mass is 10.1. The molecule has 0 saturated heterocycles. The maximum atomic E-state index is 9.13. The molecule has 1 aromatic heterocycles. The van der Waals surface area contributed by atoms with Crippen LogP contribution in [0.2, 0.25) is 0 Å². The van der Waals surface area contributed by atoms with Crippen LogP contribution in [-0.4, -0.2) is 12.1 Å². The lowest BCUT2D eigenvalue weighted by Crippen LogP contribution is -2.05. The summed E-state index contributed by atoms with van der Waals surface area (Å²) < 4.78 is 5.28. The van der Waals surface area contributed by atoms with Gasteiger partial charge in [0, 0.05) is 18.9 Å². The zero-order chi connectivity index (χ0) is 13.7. The third-order valence-corrected chi connectivity index (χ3v) is 2.97. The largest absolute Gasteiger partial charge is 0.495 e. The molecule has 0 spiro atoms. The fraction of sp³-hybridized carbons (Fsp3) is 0.200. The number of benzene rings is 1. The molecule has 0 aliphatic rings. The predicted molar refractivity (Wildman–Crippen MR) is 74.0 cm³/mol. The molecular formula is C15H15N3O. The highest BCUT2D eigenvalue weighted by Gasteiger charge is 2.08. The number of aromatic nitrogens is 1. The van der Waals surface area contributed by atoms with Gasteiger partial charge in [0.15, 0.2) is 0 Å². The van der Waals surface area contributed by atoms with Crippen LogP contribution in [0.15, 0.2) is 36.7 Å². The Morgan fingerprint density at radius 3 is 2.89 bits per heavy atom. The van der Waals surface area contributed by atoms with Crippen molar-refractivity contribution in [1.82, 2.24) is 4.98 Å². The number of hydrogen-bond acceptors (Lipinski definition) is 4. The van der Waals surface area contributed by atoms with Crippen LogP contribution in [0.4, 0.5) is 5.69 Å². The molecule has 0 fully saturated rings. The van der Waals surface area contributed by atoms with E-state index in [-0.39, 0.29) is 0 Å². The molecule has 4 heteroatoms. The van der Waals surface area contributed by atoms with Gasteiger partial charge in [0.25, 0.3) is 0 Å². The summed E-state index contributed by atoms with van der Waals surface area (Å²) in [5.41, 5.74) is 3.55. The van der Waals surface area contributed by atoms with Gasteiger partial charge in [0.1, 0.15) is 11.8 Å². The van der Waals surface area contributed by atoms with Crippen LogP contribution in [-0.2, 0) is 6.54 Å². The van der Waals surface area contributed by atoms with Crippen molar-refractivity contribution in [1.29, 1.82) is 5.26 Å². The van der Waals surface area contributed by atoms with Crippen molar-refractivity contribution >= 4 is 5.69 Å². The van der Waals surface area contributed by atoms with Gasteiger partial charge in [-0.3, -0.25) is 4.98 Å². The Kier molecular flexibility index (Phi) is 3.99. The molecule has 2 rings (SSSR count). The molecule has 0 aliphatic heterocycles. The van der Waals surface area contributed by atoms with Crippen LogP contribution >= 0.6 is 0 Å². The number of para-hydroxylation sites is 1. The van der Waals surface area contributed by atoms with Gasteiger partial charge >= 0.3 is 0 Å². The highest BCUT2D eigenvalue weighted by molar-refractivity contribution is 5.66. The van der Waals surface area contributed by atoms with E-state index in [4.69, 9.17) is 10.00 Å². The van der Waals surface area contributed by atoms with E-state index in [1.807, 2.05) is 25.3 Å². The molecule has 0 radical (unpaired) electrons. The summed E-state index contributed by atoms with van der Waals surface area (Å²) >= 11 is 0. The second-order valence-electron chi connectivity index (χ2n) is 4.15. The van der Waals surface area contributed by atoms with E-state index in [9.17, 15) is 0 Å². The number of nitrogens with zero attached hydrogens (tertiary/aromatic N) is 2. The maximum absolute atomic E-state index is 9.13. The van der Waals surface area contributed by atoms with Crippen LogP contribution in [0.1, 0.15) is 16.7 Å². The molecule has 0 aliphatic carbocycles. The second kappa shape index (κ2) is 5.87. The average molecular weight is 253 g/mol. The van der Waals surface area contributed by atoms with Crippen molar-refractivity contribution in [2.45, 2.75) is 13.5 Å². The normalized spacial score (nSPS) is 9.74. The Morgan fingerprint density at radius 2 is 2.21 bits per heavy atom. The van der Waals surface area contributed by atoms with Crippen LogP contribution in [0.25, 0.3) is 0 Å². The monoisotopic (exact) mass is 253 g/mol. The SMILES string of the molecule is COc1cccc(C#N)c1NCc1cnccc1C. The highest BCUT2D eigenvalue weighted by Crippen LogP contribution is 2.28. The number of nitrogens with one attached hydrogen (secondary N) is 1. The Balaban J connectivity index is 2.25. The Bertz CT molecular complexity index is 617. The summed E-state index contributed by atoms with van der Waals surface area (Å²) in [5.74, 6) is 0.667. The van der Waals surface area contributed by atoms with Crippen LogP contribution in [0, 0.1) is 18.3 Å². The molecular weight excluding hydrogens is 238 g/mol. The van der Waals surface area contributed by atoms with Gasteiger partial charge in [-0.2, -0.15) is 5.26 Å². The van der Waals surface area contributed by atoms with Crippen LogP contribution in [0.3, 0.4) is 0 Å². The van der Waals surface area contributed by atoms with E-state index in [2.05, 4.69) is 16.4 Å². The van der Waals surface area contributed by atoms with Crippen LogP contribution < -0.4 is 10.1 Å².